The summed E-state index contributed by atoms with van der Waals surface area (Å²) in [6.45, 7) is 6.65. The van der Waals surface area contributed by atoms with E-state index in [-0.39, 0.29) is 0 Å². The summed E-state index contributed by atoms with van der Waals surface area (Å²) in [5.74, 6) is 0.740. The first kappa shape index (κ1) is 14.3. The Balaban J connectivity index is 1.67. The van der Waals surface area contributed by atoms with Gasteiger partial charge in [0.1, 0.15) is 0 Å². The van der Waals surface area contributed by atoms with Crippen LogP contribution in [0.15, 0.2) is 35.9 Å². The molecule has 0 bridgehead atoms. The molecule has 1 aliphatic carbocycles. The molecule has 104 valence electrons. The molecule has 1 nitrogen and oxygen atoms in total. The molecular weight excluding hydrogens is 230 g/mol. The van der Waals surface area contributed by atoms with Gasteiger partial charge in [0.25, 0.3) is 0 Å². The molecule has 0 saturated heterocycles. The Morgan fingerprint density at radius 2 is 1.84 bits per heavy atom. The Kier molecular flexibility index (Phi) is 5.65. The summed E-state index contributed by atoms with van der Waals surface area (Å²) >= 11 is 0. The van der Waals surface area contributed by atoms with Gasteiger partial charge in [-0.1, -0.05) is 49.8 Å². The van der Waals surface area contributed by atoms with Crippen molar-refractivity contribution in [2.24, 2.45) is 5.92 Å². The minimum absolute atomic E-state index is 0.740. The lowest BCUT2D eigenvalue weighted by atomic mass is 10.0. The highest BCUT2D eigenvalue weighted by molar-refractivity contribution is 5.22. The first-order valence-corrected chi connectivity index (χ1v) is 7.70. The third-order valence-corrected chi connectivity index (χ3v) is 3.75. The molecule has 0 saturated carbocycles. The van der Waals surface area contributed by atoms with E-state index in [0.717, 1.165) is 19.0 Å². The molecule has 1 aromatic carbocycles. The van der Waals surface area contributed by atoms with Gasteiger partial charge in [0.15, 0.2) is 0 Å². The average Bonchev–Trinajstić information content (AvgIpc) is 2.89. The van der Waals surface area contributed by atoms with E-state index in [4.69, 9.17) is 0 Å². The van der Waals surface area contributed by atoms with Crippen LogP contribution in [0.25, 0.3) is 0 Å². The van der Waals surface area contributed by atoms with Crippen molar-refractivity contribution in [1.82, 2.24) is 5.32 Å². The van der Waals surface area contributed by atoms with Gasteiger partial charge in [-0.05, 0) is 55.7 Å². The SMILES string of the molecule is CC(C)Cc1ccc(CNCCC2=CCCC2)cc1. The predicted octanol–water partition coefficient (Wildman–Crippen LogP) is 4.48. The van der Waals surface area contributed by atoms with Gasteiger partial charge in [-0.2, -0.15) is 0 Å². The van der Waals surface area contributed by atoms with Crippen LogP contribution < -0.4 is 5.32 Å². The van der Waals surface area contributed by atoms with Crippen molar-refractivity contribution < 1.29 is 0 Å². The maximum absolute atomic E-state index is 3.55. The summed E-state index contributed by atoms with van der Waals surface area (Å²) in [6, 6.07) is 9.08. The van der Waals surface area contributed by atoms with E-state index < -0.39 is 0 Å². The van der Waals surface area contributed by atoms with Crippen molar-refractivity contribution >= 4 is 0 Å². The van der Waals surface area contributed by atoms with E-state index in [1.165, 1.54) is 43.2 Å². The molecule has 0 aromatic heterocycles. The Hall–Kier alpha value is -1.08. The molecule has 0 amide bonds. The van der Waals surface area contributed by atoms with E-state index >= 15 is 0 Å². The zero-order valence-corrected chi connectivity index (χ0v) is 12.4. The summed E-state index contributed by atoms with van der Waals surface area (Å²) in [5, 5.41) is 3.55. The van der Waals surface area contributed by atoms with Crippen LogP contribution in [0, 0.1) is 5.92 Å². The Labute approximate surface area is 118 Å². The molecule has 1 N–H and O–H groups in total. The van der Waals surface area contributed by atoms with Gasteiger partial charge in [-0.15, -0.1) is 0 Å². The van der Waals surface area contributed by atoms with Gasteiger partial charge < -0.3 is 5.32 Å². The maximum Gasteiger partial charge on any atom is 0.0205 e. The fraction of sp³-hybridized carbons (Fsp3) is 0.556. The summed E-state index contributed by atoms with van der Waals surface area (Å²) in [4.78, 5) is 0. The van der Waals surface area contributed by atoms with Crippen molar-refractivity contribution in [2.75, 3.05) is 6.54 Å². The lowest BCUT2D eigenvalue weighted by Crippen LogP contribution is -2.15. The summed E-state index contributed by atoms with van der Waals surface area (Å²) in [5.41, 5.74) is 4.50. The quantitative estimate of drug-likeness (QED) is 0.561. The predicted molar refractivity (Wildman–Crippen MR) is 83.2 cm³/mol. The van der Waals surface area contributed by atoms with Gasteiger partial charge in [-0.25, -0.2) is 0 Å². The lowest BCUT2D eigenvalue weighted by molar-refractivity contribution is 0.646. The zero-order valence-electron chi connectivity index (χ0n) is 12.4. The van der Waals surface area contributed by atoms with E-state index in [0.29, 0.717) is 0 Å². The van der Waals surface area contributed by atoms with Crippen LogP contribution in [0.3, 0.4) is 0 Å². The monoisotopic (exact) mass is 257 g/mol. The fourth-order valence-corrected chi connectivity index (χ4v) is 2.71. The number of rotatable bonds is 7. The van der Waals surface area contributed by atoms with Crippen molar-refractivity contribution in [2.45, 2.75) is 52.5 Å². The highest BCUT2D eigenvalue weighted by Crippen LogP contribution is 2.19. The molecular formula is C18H27N. The molecule has 0 aliphatic heterocycles. The molecule has 0 atom stereocenters. The van der Waals surface area contributed by atoms with Gasteiger partial charge in [0, 0.05) is 6.54 Å². The highest BCUT2D eigenvalue weighted by atomic mass is 14.8. The zero-order chi connectivity index (χ0) is 13.5. The highest BCUT2D eigenvalue weighted by Gasteiger charge is 2.03. The molecule has 0 heterocycles. The Bertz CT molecular complexity index is 400. The van der Waals surface area contributed by atoms with Crippen LogP contribution in [0.4, 0.5) is 0 Å². The molecule has 1 heteroatoms. The first-order chi connectivity index (χ1) is 9.24. The molecule has 1 aromatic rings. The average molecular weight is 257 g/mol. The van der Waals surface area contributed by atoms with E-state index in [9.17, 15) is 0 Å². The standard InChI is InChI=1S/C18H27N/c1-15(2)13-17-7-9-18(10-8-17)14-19-12-11-16-5-3-4-6-16/h5,7-10,15,19H,3-4,6,11-14H2,1-2H3. The van der Waals surface area contributed by atoms with Crippen LogP contribution in [0.5, 0.6) is 0 Å². The minimum atomic E-state index is 0.740. The van der Waals surface area contributed by atoms with Gasteiger partial charge in [0.05, 0.1) is 0 Å². The van der Waals surface area contributed by atoms with Gasteiger partial charge >= 0.3 is 0 Å². The van der Waals surface area contributed by atoms with Crippen LogP contribution in [0.2, 0.25) is 0 Å². The topological polar surface area (TPSA) is 12.0 Å². The molecule has 0 spiro atoms. The second-order valence-corrected chi connectivity index (χ2v) is 6.10. The van der Waals surface area contributed by atoms with Gasteiger partial charge in [0.2, 0.25) is 0 Å². The lowest BCUT2D eigenvalue weighted by Gasteiger charge is -2.08. The molecule has 1 aliphatic rings. The van der Waals surface area contributed by atoms with Crippen LogP contribution in [-0.4, -0.2) is 6.54 Å². The van der Waals surface area contributed by atoms with Crippen molar-refractivity contribution in [1.29, 1.82) is 0 Å². The second-order valence-electron chi connectivity index (χ2n) is 6.10. The van der Waals surface area contributed by atoms with E-state index in [1.807, 2.05) is 0 Å². The molecule has 2 rings (SSSR count). The fourth-order valence-electron chi connectivity index (χ4n) is 2.71. The molecule has 0 fully saturated rings. The number of hydrogen-bond donors (Lipinski definition) is 1. The largest absolute Gasteiger partial charge is 0.312 e. The third kappa shape index (κ3) is 5.20. The summed E-state index contributed by atoms with van der Waals surface area (Å²) in [6.07, 6.45) is 8.82. The smallest absolute Gasteiger partial charge is 0.0205 e. The maximum atomic E-state index is 3.55. The number of allylic oxidation sites excluding steroid dienone is 1. The van der Waals surface area contributed by atoms with E-state index in [2.05, 4.69) is 49.5 Å². The Morgan fingerprint density at radius 3 is 2.47 bits per heavy atom. The normalized spacial score (nSPS) is 15.0. The van der Waals surface area contributed by atoms with E-state index in [1.54, 1.807) is 5.57 Å². The molecule has 0 radical (unpaired) electrons. The molecule has 0 unspecified atom stereocenters. The van der Waals surface area contributed by atoms with Crippen LogP contribution >= 0.6 is 0 Å². The second kappa shape index (κ2) is 7.49. The number of hydrogen-bond acceptors (Lipinski definition) is 1. The number of nitrogens with one attached hydrogen (secondary N) is 1. The van der Waals surface area contributed by atoms with Crippen molar-refractivity contribution in [3.63, 3.8) is 0 Å². The minimum Gasteiger partial charge on any atom is -0.312 e. The first-order valence-electron chi connectivity index (χ1n) is 7.70. The van der Waals surface area contributed by atoms with Crippen LogP contribution in [-0.2, 0) is 13.0 Å². The summed E-state index contributed by atoms with van der Waals surface area (Å²) < 4.78 is 0. The number of benzene rings is 1. The Morgan fingerprint density at radius 1 is 1.11 bits per heavy atom. The van der Waals surface area contributed by atoms with Gasteiger partial charge in [-0.3, -0.25) is 0 Å². The van der Waals surface area contributed by atoms with Crippen molar-refractivity contribution in [3.05, 3.63) is 47.0 Å². The van der Waals surface area contributed by atoms with Crippen molar-refractivity contribution in [3.8, 4) is 0 Å². The summed E-state index contributed by atoms with van der Waals surface area (Å²) in [7, 11) is 0. The van der Waals surface area contributed by atoms with Crippen LogP contribution in [0.1, 0.15) is 50.7 Å². The molecule has 19 heavy (non-hydrogen) atoms. The third-order valence-electron chi connectivity index (χ3n) is 3.75.